The monoisotopic (exact) mass is 393 g/mol. The fraction of sp³-hybridized carbons (Fsp3) is 0.143. The molecule has 1 aliphatic carbocycles. The molecule has 124 valence electrons. The van der Waals surface area contributed by atoms with Crippen LogP contribution in [0.25, 0.3) is 22.3 Å². The summed E-state index contributed by atoms with van der Waals surface area (Å²) in [5.74, 6) is 0. The van der Waals surface area contributed by atoms with Crippen molar-refractivity contribution >= 4 is 21.6 Å². The normalized spacial score (nSPS) is 14.0. The van der Waals surface area contributed by atoms with Crippen LogP contribution in [-0.2, 0) is 5.41 Å². The molecule has 0 aromatic heterocycles. The van der Waals surface area contributed by atoms with Crippen molar-refractivity contribution in [3.63, 3.8) is 0 Å². The maximum Gasteiger partial charge on any atom is 0.277 e. The van der Waals surface area contributed by atoms with Crippen LogP contribution in [0.4, 0.5) is 5.69 Å². The van der Waals surface area contributed by atoms with Crippen LogP contribution in [0.5, 0.6) is 0 Å². The van der Waals surface area contributed by atoms with E-state index in [1.807, 2.05) is 18.2 Å². The van der Waals surface area contributed by atoms with Gasteiger partial charge in [-0.15, -0.1) is 0 Å². The number of hydrogen-bond donors (Lipinski definition) is 0. The summed E-state index contributed by atoms with van der Waals surface area (Å²) in [7, 11) is 0. The Morgan fingerprint density at radius 2 is 1.52 bits per heavy atom. The van der Waals surface area contributed by atoms with Gasteiger partial charge in [-0.1, -0.05) is 60.1 Å². The molecule has 0 spiro atoms. The molecule has 4 heteroatoms. The SMILES string of the molecule is CC1(C)c2cc(Br)ccc2-c2ccc(-c3ccccc3[N+](=O)[O-])cc21. The number of nitro benzene ring substituents is 1. The van der Waals surface area contributed by atoms with Gasteiger partial charge in [0.15, 0.2) is 0 Å². The standard InChI is InChI=1S/C21H16BrNO2/c1-21(2)18-11-13(15-5-3-4-6-20(15)23(24)25)7-9-16(18)17-10-8-14(22)12-19(17)21/h3-12H,1-2H3. The van der Waals surface area contributed by atoms with Crippen LogP contribution in [0, 0.1) is 10.1 Å². The molecule has 0 saturated heterocycles. The molecule has 0 amide bonds. The van der Waals surface area contributed by atoms with Gasteiger partial charge >= 0.3 is 0 Å². The molecule has 0 N–H and O–H groups in total. The predicted octanol–water partition coefficient (Wildman–Crippen LogP) is 6.33. The van der Waals surface area contributed by atoms with Gasteiger partial charge < -0.3 is 0 Å². The molecule has 4 rings (SSSR count). The predicted molar refractivity (Wildman–Crippen MR) is 104 cm³/mol. The minimum atomic E-state index is -0.320. The molecular weight excluding hydrogens is 378 g/mol. The molecule has 25 heavy (non-hydrogen) atoms. The Balaban J connectivity index is 1.93. The minimum absolute atomic E-state index is 0.138. The molecule has 3 aromatic rings. The third-order valence-electron chi connectivity index (χ3n) is 5.05. The van der Waals surface area contributed by atoms with E-state index in [0.717, 1.165) is 10.0 Å². The second kappa shape index (κ2) is 5.53. The van der Waals surface area contributed by atoms with Crippen molar-refractivity contribution in [3.8, 4) is 22.3 Å². The lowest BCUT2D eigenvalue weighted by atomic mass is 9.81. The quantitative estimate of drug-likeness (QED) is 0.377. The molecule has 3 nitrogen and oxygen atoms in total. The van der Waals surface area contributed by atoms with Gasteiger partial charge in [0.05, 0.1) is 10.5 Å². The molecule has 0 saturated carbocycles. The van der Waals surface area contributed by atoms with E-state index in [9.17, 15) is 10.1 Å². The molecule has 0 heterocycles. The highest BCUT2D eigenvalue weighted by atomic mass is 79.9. The molecule has 0 radical (unpaired) electrons. The van der Waals surface area contributed by atoms with Gasteiger partial charge in [0.2, 0.25) is 0 Å². The maximum absolute atomic E-state index is 11.4. The highest BCUT2D eigenvalue weighted by Crippen LogP contribution is 2.50. The molecule has 0 unspecified atom stereocenters. The Hall–Kier alpha value is -2.46. The first-order chi connectivity index (χ1) is 11.9. The number of rotatable bonds is 2. The summed E-state index contributed by atoms with van der Waals surface area (Å²) in [4.78, 5) is 11.1. The van der Waals surface area contributed by atoms with Crippen LogP contribution in [0.3, 0.4) is 0 Å². The number of para-hydroxylation sites is 1. The average molecular weight is 394 g/mol. The molecule has 0 atom stereocenters. The van der Waals surface area contributed by atoms with Gasteiger partial charge in [-0.2, -0.15) is 0 Å². The fourth-order valence-electron chi connectivity index (χ4n) is 3.75. The topological polar surface area (TPSA) is 43.1 Å². The summed E-state index contributed by atoms with van der Waals surface area (Å²) in [6, 6.07) is 19.4. The Bertz CT molecular complexity index is 1020. The number of halogens is 1. The zero-order valence-electron chi connectivity index (χ0n) is 13.9. The van der Waals surface area contributed by atoms with E-state index in [1.54, 1.807) is 12.1 Å². The second-order valence-electron chi connectivity index (χ2n) is 6.85. The number of hydrogen-bond acceptors (Lipinski definition) is 2. The van der Waals surface area contributed by atoms with Crippen molar-refractivity contribution in [1.29, 1.82) is 0 Å². The van der Waals surface area contributed by atoms with Crippen molar-refractivity contribution < 1.29 is 4.92 Å². The summed E-state index contributed by atoms with van der Waals surface area (Å²) in [6.07, 6.45) is 0. The second-order valence-corrected chi connectivity index (χ2v) is 7.77. The zero-order chi connectivity index (χ0) is 17.8. The van der Waals surface area contributed by atoms with Gasteiger partial charge in [0.25, 0.3) is 5.69 Å². The lowest BCUT2D eigenvalue weighted by Crippen LogP contribution is -2.15. The summed E-state index contributed by atoms with van der Waals surface area (Å²) in [5, 5.41) is 11.4. The summed E-state index contributed by atoms with van der Waals surface area (Å²) in [6.45, 7) is 4.40. The first kappa shape index (κ1) is 16.0. The summed E-state index contributed by atoms with van der Waals surface area (Å²) >= 11 is 3.56. The van der Waals surface area contributed by atoms with Crippen LogP contribution >= 0.6 is 15.9 Å². The number of fused-ring (bicyclic) bond motifs is 3. The van der Waals surface area contributed by atoms with E-state index in [2.05, 4.69) is 60.1 Å². The van der Waals surface area contributed by atoms with Crippen molar-refractivity contribution in [2.75, 3.05) is 0 Å². The third-order valence-corrected chi connectivity index (χ3v) is 5.54. The lowest BCUT2D eigenvalue weighted by Gasteiger charge is -2.22. The Morgan fingerprint density at radius 1 is 0.880 bits per heavy atom. The smallest absolute Gasteiger partial charge is 0.258 e. The number of benzene rings is 3. The van der Waals surface area contributed by atoms with Crippen molar-refractivity contribution in [2.24, 2.45) is 0 Å². The number of nitrogens with zero attached hydrogens (tertiary/aromatic N) is 1. The third kappa shape index (κ3) is 2.40. The summed E-state index contributed by atoms with van der Waals surface area (Å²) in [5.41, 5.74) is 6.45. The van der Waals surface area contributed by atoms with Crippen LogP contribution < -0.4 is 0 Å². The van der Waals surface area contributed by atoms with Crippen LogP contribution in [0.1, 0.15) is 25.0 Å². The molecule has 0 fully saturated rings. The fourth-order valence-corrected chi connectivity index (χ4v) is 4.12. The molecule has 0 bridgehead atoms. The van der Waals surface area contributed by atoms with Crippen molar-refractivity contribution in [3.05, 3.63) is 86.4 Å². The van der Waals surface area contributed by atoms with Gasteiger partial charge in [0.1, 0.15) is 0 Å². The first-order valence-corrected chi connectivity index (χ1v) is 8.87. The largest absolute Gasteiger partial charge is 0.277 e. The highest BCUT2D eigenvalue weighted by molar-refractivity contribution is 9.10. The molecule has 3 aromatic carbocycles. The van der Waals surface area contributed by atoms with Crippen molar-refractivity contribution in [1.82, 2.24) is 0 Å². The molecule has 1 aliphatic rings. The zero-order valence-corrected chi connectivity index (χ0v) is 15.5. The van der Waals surface area contributed by atoms with E-state index < -0.39 is 0 Å². The van der Waals surface area contributed by atoms with E-state index in [4.69, 9.17) is 0 Å². The maximum atomic E-state index is 11.4. The van der Waals surface area contributed by atoms with E-state index >= 15 is 0 Å². The molecular formula is C21H16BrNO2. The Kier molecular flexibility index (Phi) is 3.55. The average Bonchev–Trinajstić information content (AvgIpc) is 2.82. The van der Waals surface area contributed by atoms with Crippen molar-refractivity contribution in [2.45, 2.75) is 19.3 Å². The van der Waals surface area contributed by atoms with Gasteiger partial charge in [-0.3, -0.25) is 10.1 Å². The first-order valence-electron chi connectivity index (χ1n) is 8.08. The minimum Gasteiger partial charge on any atom is -0.258 e. The lowest BCUT2D eigenvalue weighted by molar-refractivity contribution is -0.384. The van der Waals surface area contributed by atoms with Gasteiger partial charge in [-0.25, -0.2) is 0 Å². The van der Waals surface area contributed by atoms with Crippen LogP contribution in [0.15, 0.2) is 65.1 Å². The van der Waals surface area contributed by atoms with E-state index in [-0.39, 0.29) is 16.0 Å². The van der Waals surface area contributed by atoms with Crippen LogP contribution in [0.2, 0.25) is 0 Å². The van der Waals surface area contributed by atoms with E-state index in [0.29, 0.717) is 5.56 Å². The Morgan fingerprint density at radius 3 is 2.24 bits per heavy atom. The Labute approximate surface area is 154 Å². The summed E-state index contributed by atoms with van der Waals surface area (Å²) < 4.78 is 1.06. The van der Waals surface area contributed by atoms with Gasteiger partial charge in [-0.05, 0) is 52.1 Å². The van der Waals surface area contributed by atoms with E-state index in [1.165, 1.54) is 22.3 Å². The van der Waals surface area contributed by atoms with Gasteiger partial charge in [0, 0.05) is 16.0 Å². The van der Waals surface area contributed by atoms with Crippen LogP contribution in [-0.4, -0.2) is 4.92 Å². The molecule has 0 aliphatic heterocycles. The highest BCUT2D eigenvalue weighted by Gasteiger charge is 2.35. The number of nitro groups is 1.